The molecule has 106 valence electrons. The van der Waals surface area contributed by atoms with Gasteiger partial charge >= 0.3 is 0 Å². The number of rotatable bonds is 5. The molecule has 0 heterocycles. The predicted molar refractivity (Wildman–Crippen MR) is 91.4 cm³/mol. The molecule has 0 aliphatic rings. The third-order valence-corrected chi connectivity index (χ3v) is 4.59. The molecular weight excluding hydrogens is 380 g/mol. The summed E-state index contributed by atoms with van der Waals surface area (Å²) in [6, 6.07) is 15.0. The lowest BCUT2D eigenvalue weighted by Gasteiger charge is -2.18. The molecule has 0 saturated heterocycles. The summed E-state index contributed by atoms with van der Waals surface area (Å²) in [6.07, 6.45) is 1.93. The maximum atomic E-state index is 5.73. The number of aryl methyl sites for hydroxylation is 1. The van der Waals surface area contributed by atoms with E-state index in [1.165, 1.54) is 11.1 Å². The van der Waals surface area contributed by atoms with Crippen molar-refractivity contribution in [2.45, 2.75) is 25.8 Å². The van der Waals surface area contributed by atoms with Gasteiger partial charge in [0, 0.05) is 8.95 Å². The Balaban J connectivity index is 2.19. The first-order valence-corrected chi connectivity index (χ1v) is 8.21. The molecule has 1 unspecified atom stereocenters. The Bertz CT molecular complexity index is 567. The Hall–Kier alpha value is -0.680. The van der Waals surface area contributed by atoms with Crippen LogP contribution in [-0.2, 0) is 12.8 Å². The van der Waals surface area contributed by atoms with Crippen LogP contribution in [0.5, 0.6) is 0 Å². The highest BCUT2D eigenvalue weighted by atomic mass is 79.9. The van der Waals surface area contributed by atoms with Crippen molar-refractivity contribution in [1.29, 1.82) is 0 Å². The second-order valence-electron chi connectivity index (χ2n) is 4.76. The average Bonchev–Trinajstić information content (AvgIpc) is 2.46. The van der Waals surface area contributed by atoms with Gasteiger partial charge in [-0.3, -0.25) is 11.3 Å². The quantitative estimate of drug-likeness (QED) is 0.574. The van der Waals surface area contributed by atoms with E-state index in [4.69, 9.17) is 5.84 Å². The highest BCUT2D eigenvalue weighted by molar-refractivity contribution is 9.11. The maximum absolute atomic E-state index is 5.73. The van der Waals surface area contributed by atoms with Gasteiger partial charge in [0.15, 0.2) is 0 Å². The van der Waals surface area contributed by atoms with E-state index in [1.54, 1.807) is 0 Å². The van der Waals surface area contributed by atoms with E-state index >= 15 is 0 Å². The SMILES string of the molecule is CCc1ccc(CC(NN)c2ccc(Br)cc2Br)cc1. The lowest BCUT2D eigenvalue weighted by atomic mass is 9.98. The van der Waals surface area contributed by atoms with Crippen LogP contribution < -0.4 is 11.3 Å². The lowest BCUT2D eigenvalue weighted by Crippen LogP contribution is -2.29. The van der Waals surface area contributed by atoms with Crippen molar-refractivity contribution < 1.29 is 0 Å². The van der Waals surface area contributed by atoms with Crippen LogP contribution in [0.4, 0.5) is 0 Å². The first kappa shape index (κ1) is 15.7. The predicted octanol–water partition coefficient (Wildman–Crippen LogP) is 4.52. The molecule has 2 rings (SSSR count). The van der Waals surface area contributed by atoms with E-state index < -0.39 is 0 Å². The normalized spacial score (nSPS) is 12.4. The zero-order valence-electron chi connectivity index (χ0n) is 11.4. The molecule has 2 nitrogen and oxygen atoms in total. The fraction of sp³-hybridized carbons (Fsp3) is 0.250. The molecule has 0 aliphatic carbocycles. The Morgan fingerprint density at radius 2 is 1.70 bits per heavy atom. The van der Waals surface area contributed by atoms with Gasteiger partial charge < -0.3 is 0 Å². The Kier molecular flexibility index (Phi) is 5.78. The van der Waals surface area contributed by atoms with E-state index in [9.17, 15) is 0 Å². The van der Waals surface area contributed by atoms with Crippen LogP contribution in [-0.4, -0.2) is 0 Å². The lowest BCUT2D eigenvalue weighted by molar-refractivity contribution is 0.550. The highest BCUT2D eigenvalue weighted by Gasteiger charge is 2.14. The molecule has 0 fully saturated rings. The van der Waals surface area contributed by atoms with Crippen molar-refractivity contribution >= 4 is 31.9 Å². The van der Waals surface area contributed by atoms with Gasteiger partial charge in [0.1, 0.15) is 0 Å². The van der Waals surface area contributed by atoms with Gasteiger partial charge in [-0.25, -0.2) is 0 Å². The second-order valence-corrected chi connectivity index (χ2v) is 6.53. The molecule has 20 heavy (non-hydrogen) atoms. The molecule has 2 aromatic rings. The molecule has 0 radical (unpaired) electrons. The average molecular weight is 398 g/mol. The summed E-state index contributed by atoms with van der Waals surface area (Å²) in [5, 5.41) is 0. The largest absolute Gasteiger partial charge is 0.271 e. The minimum Gasteiger partial charge on any atom is -0.271 e. The van der Waals surface area contributed by atoms with E-state index in [0.29, 0.717) is 0 Å². The topological polar surface area (TPSA) is 38.0 Å². The van der Waals surface area contributed by atoms with E-state index in [0.717, 1.165) is 27.4 Å². The third kappa shape index (κ3) is 3.92. The molecule has 0 bridgehead atoms. The van der Waals surface area contributed by atoms with Gasteiger partial charge in [-0.15, -0.1) is 0 Å². The summed E-state index contributed by atoms with van der Waals surface area (Å²) in [6.45, 7) is 2.16. The fourth-order valence-electron chi connectivity index (χ4n) is 2.19. The number of hydrogen-bond donors (Lipinski definition) is 2. The molecule has 3 N–H and O–H groups in total. The van der Waals surface area contributed by atoms with Crippen LogP contribution in [0.2, 0.25) is 0 Å². The summed E-state index contributed by atoms with van der Waals surface area (Å²) in [5.74, 6) is 5.73. The van der Waals surface area contributed by atoms with Crippen molar-refractivity contribution in [2.24, 2.45) is 5.84 Å². The van der Waals surface area contributed by atoms with Gasteiger partial charge in [-0.2, -0.15) is 0 Å². The number of hydrogen-bond acceptors (Lipinski definition) is 2. The van der Waals surface area contributed by atoms with Crippen molar-refractivity contribution in [3.05, 3.63) is 68.1 Å². The number of nitrogens with one attached hydrogen (secondary N) is 1. The summed E-state index contributed by atoms with van der Waals surface area (Å²) >= 11 is 7.07. The zero-order valence-corrected chi connectivity index (χ0v) is 14.5. The molecule has 2 aromatic carbocycles. The second kappa shape index (κ2) is 7.36. The molecule has 0 aromatic heterocycles. The van der Waals surface area contributed by atoms with E-state index in [2.05, 4.69) is 74.5 Å². The van der Waals surface area contributed by atoms with Crippen molar-refractivity contribution in [1.82, 2.24) is 5.43 Å². The monoisotopic (exact) mass is 396 g/mol. The molecule has 0 amide bonds. The molecule has 1 atom stereocenters. The van der Waals surface area contributed by atoms with Crippen LogP contribution in [0.15, 0.2) is 51.4 Å². The van der Waals surface area contributed by atoms with Crippen LogP contribution in [0, 0.1) is 0 Å². The van der Waals surface area contributed by atoms with Gasteiger partial charge in [0.05, 0.1) is 6.04 Å². The molecule has 0 saturated carbocycles. The smallest absolute Gasteiger partial charge is 0.0511 e. The molecule has 4 heteroatoms. The number of halogens is 2. The van der Waals surface area contributed by atoms with Crippen LogP contribution >= 0.6 is 31.9 Å². The van der Waals surface area contributed by atoms with Crippen LogP contribution in [0.3, 0.4) is 0 Å². The fourth-order valence-corrected chi connectivity index (χ4v) is 3.51. The Labute approximate surface area is 137 Å². The van der Waals surface area contributed by atoms with Crippen LogP contribution in [0.25, 0.3) is 0 Å². The number of hydrazine groups is 1. The standard InChI is InChI=1S/C16H18Br2N2/c1-2-11-3-5-12(6-4-11)9-16(20-19)14-8-7-13(17)10-15(14)18/h3-8,10,16,20H,2,9,19H2,1H3. The van der Waals surface area contributed by atoms with Gasteiger partial charge in [0.2, 0.25) is 0 Å². The summed E-state index contributed by atoms with van der Waals surface area (Å²) < 4.78 is 2.11. The first-order valence-electron chi connectivity index (χ1n) is 6.63. The summed E-state index contributed by atoms with van der Waals surface area (Å²) in [4.78, 5) is 0. The minimum absolute atomic E-state index is 0.0879. The van der Waals surface area contributed by atoms with Crippen molar-refractivity contribution in [3.63, 3.8) is 0 Å². The van der Waals surface area contributed by atoms with Gasteiger partial charge in [-0.05, 0) is 41.7 Å². The summed E-state index contributed by atoms with van der Waals surface area (Å²) in [5.41, 5.74) is 6.71. The maximum Gasteiger partial charge on any atom is 0.0511 e. The highest BCUT2D eigenvalue weighted by Crippen LogP contribution is 2.28. The van der Waals surface area contributed by atoms with Crippen molar-refractivity contribution in [3.8, 4) is 0 Å². The van der Waals surface area contributed by atoms with E-state index in [1.807, 2.05) is 12.1 Å². The summed E-state index contributed by atoms with van der Waals surface area (Å²) in [7, 11) is 0. The number of nitrogens with two attached hydrogens (primary N) is 1. The van der Waals surface area contributed by atoms with Gasteiger partial charge in [-0.1, -0.05) is 69.1 Å². The van der Waals surface area contributed by atoms with Gasteiger partial charge in [0.25, 0.3) is 0 Å². The Morgan fingerprint density at radius 1 is 1.05 bits per heavy atom. The van der Waals surface area contributed by atoms with Crippen LogP contribution in [0.1, 0.15) is 29.7 Å². The Morgan fingerprint density at radius 3 is 2.25 bits per heavy atom. The van der Waals surface area contributed by atoms with E-state index in [-0.39, 0.29) is 6.04 Å². The number of benzene rings is 2. The van der Waals surface area contributed by atoms with Crippen molar-refractivity contribution in [2.75, 3.05) is 0 Å². The minimum atomic E-state index is 0.0879. The third-order valence-electron chi connectivity index (χ3n) is 3.41. The zero-order chi connectivity index (χ0) is 14.5. The molecule has 0 aliphatic heterocycles. The molecular formula is C16H18Br2N2. The molecule has 0 spiro atoms. The first-order chi connectivity index (χ1) is 9.63.